The predicted molar refractivity (Wildman–Crippen MR) is 82.1 cm³/mol. The third-order valence-electron chi connectivity index (χ3n) is 3.08. The molecule has 1 aromatic heterocycles. The third kappa shape index (κ3) is 4.07. The normalized spacial score (nSPS) is 10.8. The summed E-state index contributed by atoms with van der Waals surface area (Å²) in [6.45, 7) is 7.22. The molecule has 3 heteroatoms. The number of hydrogen-bond acceptors (Lipinski definition) is 3. The number of benzene rings is 1. The smallest absolute Gasteiger partial charge is 0.219 e. The van der Waals surface area contributed by atoms with Crippen molar-refractivity contribution >= 4 is 0 Å². The van der Waals surface area contributed by atoms with Crippen molar-refractivity contribution in [1.29, 1.82) is 0 Å². The fourth-order valence-corrected chi connectivity index (χ4v) is 1.95. The molecular weight excluding hydrogens is 248 g/mol. The number of para-hydroxylation sites is 1. The van der Waals surface area contributed by atoms with Crippen LogP contribution in [0.2, 0.25) is 0 Å². The summed E-state index contributed by atoms with van der Waals surface area (Å²) in [5.41, 5.74) is 2.37. The number of ether oxygens (including phenoxy) is 1. The summed E-state index contributed by atoms with van der Waals surface area (Å²) < 4.78 is 5.91. The van der Waals surface area contributed by atoms with Crippen molar-refractivity contribution < 1.29 is 4.74 Å². The van der Waals surface area contributed by atoms with E-state index in [9.17, 15) is 0 Å². The largest absolute Gasteiger partial charge is 0.439 e. The fourth-order valence-electron chi connectivity index (χ4n) is 1.95. The second-order valence-electron chi connectivity index (χ2n) is 5.10. The minimum atomic E-state index is 0.466. The number of aryl methyl sites for hydroxylation is 1. The van der Waals surface area contributed by atoms with Crippen LogP contribution in [0.15, 0.2) is 42.6 Å². The van der Waals surface area contributed by atoms with Crippen molar-refractivity contribution in [2.75, 3.05) is 0 Å². The van der Waals surface area contributed by atoms with Gasteiger partial charge >= 0.3 is 0 Å². The van der Waals surface area contributed by atoms with Crippen LogP contribution in [0.25, 0.3) is 0 Å². The molecule has 0 saturated heterocycles. The quantitative estimate of drug-likeness (QED) is 0.863. The van der Waals surface area contributed by atoms with E-state index in [-0.39, 0.29) is 0 Å². The molecule has 0 unspecified atom stereocenters. The summed E-state index contributed by atoms with van der Waals surface area (Å²) in [7, 11) is 0. The Kier molecular flexibility index (Phi) is 5.13. The molecule has 2 rings (SSSR count). The van der Waals surface area contributed by atoms with E-state index in [4.69, 9.17) is 4.74 Å². The van der Waals surface area contributed by atoms with Crippen LogP contribution in [0, 0.1) is 0 Å². The van der Waals surface area contributed by atoms with Crippen LogP contribution in [0.3, 0.4) is 0 Å². The SMILES string of the molecule is CCc1ccccc1Oc1cc(CNC(C)C)ccn1. The zero-order chi connectivity index (χ0) is 14.4. The molecule has 0 bridgehead atoms. The lowest BCUT2D eigenvalue weighted by Crippen LogP contribution is -2.21. The number of nitrogens with zero attached hydrogens (tertiary/aromatic N) is 1. The van der Waals surface area contributed by atoms with Gasteiger partial charge in [-0.05, 0) is 29.7 Å². The molecule has 0 aliphatic rings. The Balaban J connectivity index is 2.11. The summed E-state index contributed by atoms with van der Waals surface area (Å²) in [5, 5.41) is 3.39. The Morgan fingerprint density at radius 2 is 2.00 bits per heavy atom. The summed E-state index contributed by atoms with van der Waals surface area (Å²) in [6, 6.07) is 12.5. The Labute approximate surface area is 121 Å². The summed E-state index contributed by atoms with van der Waals surface area (Å²) >= 11 is 0. The number of nitrogens with one attached hydrogen (secondary N) is 1. The minimum absolute atomic E-state index is 0.466. The van der Waals surface area contributed by atoms with Crippen LogP contribution in [0.4, 0.5) is 0 Å². The molecule has 0 spiro atoms. The van der Waals surface area contributed by atoms with Gasteiger partial charge in [-0.2, -0.15) is 0 Å². The predicted octanol–water partition coefficient (Wildman–Crippen LogP) is 3.93. The molecule has 1 heterocycles. The fraction of sp³-hybridized carbons (Fsp3) is 0.353. The molecule has 3 nitrogen and oxygen atoms in total. The molecule has 1 aromatic carbocycles. The van der Waals surface area contributed by atoms with Crippen LogP contribution in [0.5, 0.6) is 11.6 Å². The second kappa shape index (κ2) is 7.06. The second-order valence-corrected chi connectivity index (χ2v) is 5.10. The van der Waals surface area contributed by atoms with Gasteiger partial charge in [0.1, 0.15) is 5.75 Å². The van der Waals surface area contributed by atoms with E-state index >= 15 is 0 Å². The van der Waals surface area contributed by atoms with E-state index in [1.165, 1.54) is 11.1 Å². The maximum Gasteiger partial charge on any atom is 0.219 e. The number of pyridine rings is 1. The van der Waals surface area contributed by atoms with Crippen LogP contribution in [-0.4, -0.2) is 11.0 Å². The average Bonchev–Trinajstić information content (AvgIpc) is 2.46. The average molecular weight is 270 g/mol. The summed E-state index contributed by atoms with van der Waals surface area (Å²) in [6.07, 6.45) is 2.74. The maximum atomic E-state index is 5.91. The van der Waals surface area contributed by atoms with Crippen LogP contribution in [0.1, 0.15) is 31.9 Å². The van der Waals surface area contributed by atoms with Gasteiger partial charge in [0.15, 0.2) is 0 Å². The Morgan fingerprint density at radius 3 is 2.75 bits per heavy atom. The lowest BCUT2D eigenvalue weighted by Gasteiger charge is -2.11. The van der Waals surface area contributed by atoms with Crippen molar-refractivity contribution in [3.63, 3.8) is 0 Å². The Hall–Kier alpha value is -1.87. The molecule has 20 heavy (non-hydrogen) atoms. The van der Waals surface area contributed by atoms with Crippen molar-refractivity contribution in [2.24, 2.45) is 0 Å². The van der Waals surface area contributed by atoms with Crippen molar-refractivity contribution in [1.82, 2.24) is 10.3 Å². The van der Waals surface area contributed by atoms with Gasteiger partial charge in [0, 0.05) is 24.8 Å². The lowest BCUT2D eigenvalue weighted by molar-refractivity contribution is 0.456. The molecule has 106 valence electrons. The van der Waals surface area contributed by atoms with Gasteiger partial charge in [-0.15, -0.1) is 0 Å². The zero-order valence-corrected chi connectivity index (χ0v) is 12.4. The third-order valence-corrected chi connectivity index (χ3v) is 3.08. The lowest BCUT2D eigenvalue weighted by atomic mass is 10.1. The van der Waals surface area contributed by atoms with E-state index in [0.717, 1.165) is 18.7 Å². The number of rotatable bonds is 6. The molecule has 2 aromatic rings. The molecule has 0 aliphatic heterocycles. The molecular formula is C17H22N2O. The van der Waals surface area contributed by atoms with Gasteiger partial charge in [-0.25, -0.2) is 4.98 Å². The van der Waals surface area contributed by atoms with Crippen molar-refractivity contribution in [2.45, 2.75) is 39.8 Å². The standard InChI is InChI=1S/C17H22N2O/c1-4-15-7-5-6-8-16(15)20-17-11-14(9-10-18-17)12-19-13(2)3/h5-11,13,19H,4,12H2,1-3H3. The van der Waals surface area contributed by atoms with Gasteiger partial charge in [0.2, 0.25) is 5.88 Å². The molecule has 0 aliphatic carbocycles. The van der Waals surface area contributed by atoms with Gasteiger partial charge in [0.25, 0.3) is 0 Å². The zero-order valence-electron chi connectivity index (χ0n) is 12.4. The van der Waals surface area contributed by atoms with E-state index < -0.39 is 0 Å². The molecule has 0 radical (unpaired) electrons. The maximum absolute atomic E-state index is 5.91. The molecule has 1 N–H and O–H groups in total. The van der Waals surface area contributed by atoms with Gasteiger partial charge in [0.05, 0.1) is 0 Å². The Morgan fingerprint density at radius 1 is 1.20 bits per heavy atom. The minimum Gasteiger partial charge on any atom is -0.439 e. The first kappa shape index (κ1) is 14.5. The first-order chi connectivity index (χ1) is 9.69. The van der Waals surface area contributed by atoms with Gasteiger partial charge in [-0.1, -0.05) is 39.0 Å². The van der Waals surface area contributed by atoms with E-state index in [1.807, 2.05) is 30.3 Å². The first-order valence-corrected chi connectivity index (χ1v) is 7.13. The monoisotopic (exact) mass is 270 g/mol. The van der Waals surface area contributed by atoms with Crippen LogP contribution < -0.4 is 10.1 Å². The topological polar surface area (TPSA) is 34.1 Å². The summed E-state index contributed by atoms with van der Waals surface area (Å²) in [4.78, 5) is 4.29. The van der Waals surface area contributed by atoms with Crippen LogP contribution >= 0.6 is 0 Å². The molecule has 0 amide bonds. The number of hydrogen-bond donors (Lipinski definition) is 1. The molecule has 0 fully saturated rings. The summed E-state index contributed by atoms with van der Waals surface area (Å²) in [5.74, 6) is 1.53. The highest BCUT2D eigenvalue weighted by Crippen LogP contribution is 2.24. The van der Waals surface area contributed by atoms with E-state index in [0.29, 0.717) is 11.9 Å². The van der Waals surface area contributed by atoms with E-state index in [1.54, 1.807) is 6.20 Å². The van der Waals surface area contributed by atoms with Crippen LogP contribution in [-0.2, 0) is 13.0 Å². The van der Waals surface area contributed by atoms with Crippen molar-refractivity contribution in [3.8, 4) is 11.6 Å². The highest BCUT2D eigenvalue weighted by atomic mass is 16.5. The van der Waals surface area contributed by atoms with E-state index in [2.05, 4.69) is 37.1 Å². The van der Waals surface area contributed by atoms with Crippen molar-refractivity contribution in [3.05, 3.63) is 53.7 Å². The highest BCUT2D eigenvalue weighted by Gasteiger charge is 2.04. The Bertz CT molecular complexity index is 552. The van der Waals surface area contributed by atoms with Gasteiger partial charge < -0.3 is 10.1 Å². The van der Waals surface area contributed by atoms with Gasteiger partial charge in [-0.3, -0.25) is 0 Å². The number of aromatic nitrogens is 1. The highest BCUT2D eigenvalue weighted by molar-refractivity contribution is 5.36. The molecule has 0 saturated carbocycles. The first-order valence-electron chi connectivity index (χ1n) is 7.13. The molecule has 0 atom stereocenters.